The van der Waals surface area contributed by atoms with Gasteiger partial charge in [-0.1, -0.05) is 36.4 Å². The summed E-state index contributed by atoms with van der Waals surface area (Å²) in [6, 6.07) is 20.2. The van der Waals surface area contributed by atoms with Gasteiger partial charge < -0.3 is 35.8 Å². The van der Waals surface area contributed by atoms with Gasteiger partial charge in [0.2, 0.25) is 23.6 Å². The molecule has 6 atom stereocenters. The predicted molar refractivity (Wildman–Crippen MR) is 246 cm³/mol. The number of fused-ring (bicyclic) bond motifs is 2. The van der Waals surface area contributed by atoms with Crippen LogP contribution >= 0.6 is 23.5 Å². The molecule has 2 aromatic carbocycles. The van der Waals surface area contributed by atoms with Crippen molar-refractivity contribution >= 4 is 90.9 Å². The number of carbonyl (C=O) groups excluding carboxylic acids is 8. The maximum absolute atomic E-state index is 13.0. The predicted octanol–water partition coefficient (Wildman–Crippen LogP) is -4.95. The Balaban J connectivity index is 0.000000235. The number of carboxylic acids is 2. The Hall–Kier alpha value is -6.10. The van der Waals surface area contributed by atoms with E-state index in [0.29, 0.717) is 11.1 Å². The summed E-state index contributed by atoms with van der Waals surface area (Å²) in [6.07, 6.45) is 5.89. The Morgan fingerprint density at radius 3 is 1.27 bits per heavy atom. The van der Waals surface area contributed by atoms with Gasteiger partial charge in [-0.2, -0.15) is 8.42 Å². The average molecular weight is 1090 g/mol. The van der Waals surface area contributed by atoms with Gasteiger partial charge in [0, 0.05) is 70.9 Å². The molecular weight excluding hydrogens is 1040 g/mol. The van der Waals surface area contributed by atoms with Crippen molar-refractivity contribution in [3.8, 4) is 0 Å². The van der Waals surface area contributed by atoms with E-state index < -0.39 is 113 Å². The number of ketones is 2. The Bertz CT molecular complexity index is 2970. The maximum Gasteiger partial charge on any atom is 1.00 e. The zero-order chi connectivity index (χ0) is 52.4. The van der Waals surface area contributed by atoms with E-state index in [9.17, 15) is 74.5 Å². The summed E-state index contributed by atoms with van der Waals surface area (Å²) in [7, 11) is -10.1. The summed E-state index contributed by atoms with van der Waals surface area (Å²) < 4.78 is 73.1. The van der Waals surface area contributed by atoms with E-state index in [1.807, 2.05) is 6.07 Å². The normalized spacial score (nSPS) is 20.1. The van der Waals surface area contributed by atoms with Crippen LogP contribution in [0.4, 0.5) is 0 Å². The Kier molecular flexibility index (Phi) is 17.7. The molecule has 8 rings (SSSR count). The van der Waals surface area contributed by atoms with Crippen molar-refractivity contribution in [2.45, 2.75) is 47.2 Å². The van der Waals surface area contributed by atoms with Gasteiger partial charge in [0.25, 0.3) is 10.1 Å². The van der Waals surface area contributed by atoms with Crippen molar-refractivity contribution < 1.29 is 113 Å². The van der Waals surface area contributed by atoms with Gasteiger partial charge in [-0.25, -0.2) is 17.6 Å². The number of benzene rings is 2. The van der Waals surface area contributed by atoms with Crippen LogP contribution < -0.4 is 60.4 Å². The number of β-lactam (4-membered cyclic amide) rings is 2. The second kappa shape index (κ2) is 23.0. The Morgan fingerprint density at radius 1 is 0.616 bits per heavy atom. The fourth-order valence-electron chi connectivity index (χ4n) is 8.71. The minimum atomic E-state index is -5.16. The van der Waals surface area contributed by atoms with Crippen molar-refractivity contribution in [3.05, 3.63) is 155 Å². The van der Waals surface area contributed by atoms with E-state index in [4.69, 9.17) is 11.5 Å². The molecule has 6 heterocycles. The number of carboxylic acid groups (broad SMARTS) is 2. The van der Waals surface area contributed by atoms with Gasteiger partial charge in [0.1, 0.15) is 15.4 Å². The Labute approximate surface area is 447 Å². The van der Waals surface area contributed by atoms with Crippen LogP contribution in [0.5, 0.6) is 0 Å². The molecule has 4 aliphatic heterocycles. The number of aromatic nitrogens is 2. The number of nitrogens with zero attached hydrogens (tertiary/aromatic N) is 4. The van der Waals surface area contributed by atoms with Crippen molar-refractivity contribution in [3.63, 3.8) is 0 Å². The average Bonchev–Trinajstić information content (AvgIpc) is 3.32. The summed E-state index contributed by atoms with van der Waals surface area (Å²) in [5, 5.41) is 18.4. The molecule has 73 heavy (non-hydrogen) atoms. The third-order valence-electron chi connectivity index (χ3n) is 12.0. The number of aliphatic carboxylic acids is 2. The number of rotatable bonds is 18. The first-order valence-electron chi connectivity index (χ1n) is 21.4. The van der Waals surface area contributed by atoms with Crippen LogP contribution in [-0.4, -0.2) is 105 Å². The molecule has 5 N–H and O–H groups in total. The molecule has 2 aromatic heterocycles. The number of Topliss-reactive ketones (excluding diaryl/α,β-unsaturated/α-hetero) is 2. The molecule has 4 aliphatic rings. The zero-order valence-electron chi connectivity index (χ0n) is 38.2. The number of primary amides is 2. The van der Waals surface area contributed by atoms with E-state index in [0.717, 1.165) is 21.9 Å². The molecule has 0 bridgehead atoms. The molecule has 22 nitrogen and oxygen atoms in total. The van der Waals surface area contributed by atoms with Crippen LogP contribution in [0, 0.1) is 11.8 Å². The van der Waals surface area contributed by atoms with Crippen LogP contribution in [0.1, 0.15) is 55.2 Å². The fraction of sp³-hybridized carbons (Fsp3) is 0.261. The van der Waals surface area contributed by atoms with Crippen molar-refractivity contribution in [1.29, 1.82) is 0 Å². The molecule has 0 saturated carbocycles. The van der Waals surface area contributed by atoms with Crippen LogP contribution in [0.2, 0.25) is 0 Å². The third kappa shape index (κ3) is 12.3. The molecule has 0 spiro atoms. The SMILES string of the molecule is NC(=O)c1ccc(C(C(=O)C[C@@H]2C(=O)N3C(C(=O)[O-])=C(C[n+]4ccccc4)CS[C@H]23)S(=O)(=O)O)cc1.NC(=O)c1ccc(C(C(=O)C[C@@H]2C(=O)N3C(C(=O)[O-])=C(C[n+]4ccccc4)CS[C@H]23)S(=O)(=O)[O-])cc1.[Na+]. The topological polar surface area (TPSA) is 361 Å². The molecule has 2 fully saturated rings. The summed E-state index contributed by atoms with van der Waals surface area (Å²) >= 11 is 2.51. The second-order valence-corrected chi connectivity index (χ2v) is 21.9. The van der Waals surface area contributed by atoms with E-state index in [2.05, 4.69) is 0 Å². The van der Waals surface area contributed by atoms with Gasteiger partial charge in [0.15, 0.2) is 54.7 Å². The first kappa shape index (κ1) is 56.2. The fourth-order valence-corrected chi connectivity index (χ4v) is 13.4. The zero-order valence-corrected chi connectivity index (χ0v) is 43.5. The van der Waals surface area contributed by atoms with Gasteiger partial charge in [-0.3, -0.25) is 43.1 Å². The van der Waals surface area contributed by atoms with Crippen LogP contribution in [0.15, 0.2) is 132 Å². The smallest absolute Gasteiger partial charge is 0.747 e. The summed E-state index contributed by atoms with van der Waals surface area (Å²) in [5.74, 6) is -9.28. The number of carbonyl (C=O) groups is 8. The van der Waals surface area contributed by atoms with Crippen LogP contribution in [0.3, 0.4) is 0 Å². The standard InChI is InChI=1S/2C23H21N3O8S2.Na/c2*24-20(28)14-6-4-13(5-7-14)19(36(32,33)34)17(27)10-16-21(29)26-18(23(30)31)15(12-35-22(16)26)11-25-8-2-1-3-9-25;/h2*1-9,16,19,22H,10-12H2,(H3-,24,28,30,31,32,33,34);/q;;+1/p-1/t2*16-,19?,22-;/m11./s1. The van der Waals surface area contributed by atoms with E-state index in [1.165, 1.54) is 59.9 Å². The van der Waals surface area contributed by atoms with Crippen molar-refractivity contribution in [2.24, 2.45) is 23.3 Å². The molecule has 2 saturated heterocycles. The number of hydrogen-bond acceptors (Lipinski definition) is 17. The van der Waals surface area contributed by atoms with E-state index >= 15 is 0 Å². The van der Waals surface area contributed by atoms with Crippen molar-refractivity contribution in [2.75, 3.05) is 11.5 Å². The number of hydrogen-bond donors (Lipinski definition) is 3. The van der Waals surface area contributed by atoms with E-state index in [-0.39, 0.29) is 87.8 Å². The maximum atomic E-state index is 13.0. The largest absolute Gasteiger partial charge is 1.00 e. The monoisotopic (exact) mass is 1080 g/mol. The van der Waals surface area contributed by atoms with Gasteiger partial charge in [-0.15, -0.1) is 23.5 Å². The molecular formula is C46H41N6NaO16S4. The number of thioether (sulfide) groups is 2. The molecule has 4 aromatic rings. The van der Waals surface area contributed by atoms with E-state index in [1.54, 1.807) is 64.3 Å². The summed E-state index contributed by atoms with van der Waals surface area (Å²) in [6.45, 7) is 0.443. The first-order chi connectivity index (χ1) is 34.0. The van der Waals surface area contributed by atoms with Gasteiger partial charge in [0.05, 0.1) is 45.9 Å². The quantitative estimate of drug-likeness (QED) is 0.0364. The molecule has 376 valence electrons. The number of amides is 4. The summed E-state index contributed by atoms with van der Waals surface area (Å²) in [4.78, 5) is 100. The molecule has 0 radical (unpaired) electrons. The van der Waals surface area contributed by atoms with Crippen molar-refractivity contribution in [1.82, 2.24) is 9.80 Å². The molecule has 4 amide bonds. The second-order valence-electron chi connectivity index (χ2n) is 16.7. The van der Waals surface area contributed by atoms with Gasteiger partial charge >= 0.3 is 29.6 Å². The molecule has 2 unspecified atom stereocenters. The summed E-state index contributed by atoms with van der Waals surface area (Å²) in [5.41, 5.74) is 10.6. The van der Waals surface area contributed by atoms with Crippen LogP contribution in [-0.2, 0) is 62.1 Å². The third-order valence-corrected chi connectivity index (χ3v) is 17.0. The minimum Gasteiger partial charge on any atom is -0.747 e. The minimum absolute atomic E-state index is 0. The molecule has 0 aliphatic carbocycles. The first-order valence-corrected chi connectivity index (χ1v) is 26.4. The number of pyridine rings is 2. The Morgan fingerprint density at radius 2 is 0.959 bits per heavy atom. The number of nitrogens with two attached hydrogens (primary N) is 2. The van der Waals surface area contributed by atoms with Crippen LogP contribution in [0.25, 0.3) is 0 Å². The molecule has 27 heteroatoms. The van der Waals surface area contributed by atoms with Gasteiger partial charge in [-0.05, 0) is 35.4 Å².